The van der Waals surface area contributed by atoms with Gasteiger partial charge in [-0.3, -0.25) is 4.18 Å². The molecule has 1 N–H and O–H groups in total. The zero-order valence-electron chi connectivity index (χ0n) is 8.00. The third-order valence-electron chi connectivity index (χ3n) is 1.66. The van der Waals surface area contributed by atoms with Gasteiger partial charge in [-0.25, -0.2) is 4.79 Å². The number of carboxylic acid groups (broad SMARTS) is 1. The van der Waals surface area contributed by atoms with Gasteiger partial charge in [0.05, 0.1) is 17.1 Å². The Balaban J connectivity index is 3.04. The summed E-state index contributed by atoms with van der Waals surface area (Å²) in [6.07, 6.45) is 0. The minimum Gasteiger partial charge on any atom is -0.478 e. The Morgan fingerprint density at radius 2 is 1.87 bits per heavy atom. The van der Waals surface area contributed by atoms with Gasteiger partial charge in [-0.15, -0.1) is 0 Å². The quantitative estimate of drug-likeness (QED) is 0.783. The van der Waals surface area contributed by atoms with Gasteiger partial charge in [0.15, 0.2) is 0 Å². The molecule has 0 aliphatic carbocycles. The Morgan fingerprint density at radius 1 is 1.33 bits per heavy atom. The van der Waals surface area contributed by atoms with Crippen LogP contribution in [-0.2, 0) is 14.3 Å². The summed E-state index contributed by atoms with van der Waals surface area (Å²) in [5, 5.41) is 8.60. The first-order chi connectivity index (χ1) is 6.97. The Morgan fingerprint density at radius 3 is 2.27 bits per heavy atom. The minimum absolute atomic E-state index is 0.0328. The molecule has 0 saturated heterocycles. The summed E-state index contributed by atoms with van der Waals surface area (Å²) < 4.78 is 27.2. The number of benzene rings is 1. The molecule has 0 radical (unpaired) electrons. The van der Waals surface area contributed by atoms with E-state index in [4.69, 9.17) is 5.11 Å². The molecule has 1 aromatic rings. The van der Waals surface area contributed by atoms with E-state index in [0.29, 0.717) is 0 Å². The smallest absolute Gasteiger partial charge is 0.335 e. The van der Waals surface area contributed by atoms with Crippen molar-refractivity contribution < 1.29 is 22.5 Å². The third kappa shape index (κ3) is 2.77. The number of aromatic carboxylic acids is 1. The van der Waals surface area contributed by atoms with Crippen molar-refractivity contribution in [3.63, 3.8) is 0 Å². The lowest BCUT2D eigenvalue weighted by Crippen LogP contribution is -2.06. The van der Waals surface area contributed by atoms with Gasteiger partial charge in [-0.1, -0.05) is 0 Å². The van der Waals surface area contributed by atoms with E-state index in [1.165, 1.54) is 24.3 Å². The molecule has 0 aromatic heterocycles. The molecule has 0 saturated carbocycles. The van der Waals surface area contributed by atoms with E-state index >= 15 is 0 Å². The van der Waals surface area contributed by atoms with Crippen LogP contribution >= 0.6 is 0 Å². The van der Waals surface area contributed by atoms with Crippen molar-refractivity contribution in [3.05, 3.63) is 29.8 Å². The standard InChI is InChI=1S/C9H10O5S/c1-2-14-15(12,13)8-5-3-7(4-6-8)9(10)11/h3-6H,2H2,1H3,(H,10,11). The van der Waals surface area contributed by atoms with Gasteiger partial charge in [0.1, 0.15) is 0 Å². The highest BCUT2D eigenvalue weighted by Gasteiger charge is 2.14. The lowest BCUT2D eigenvalue weighted by Gasteiger charge is -2.03. The van der Waals surface area contributed by atoms with Gasteiger partial charge in [-0.2, -0.15) is 8.42 Å². The van der Waals surface area contributed by atoms with Gasteiger partial charge in [0, 0.05) is 0 Å². The molecule has 6 heteroatoms. The number of hydrogen-bond acceptors (Lipinski definition) is 4. The molecule has 82 valence electrons. The molecule has 5 nitrogen and oxygen atoms in total. The van der Waals surface area contributed by atoms with Gasteiger partial charge >= 0.3 is 5.97 Å². The summed E-state index contributed by atoms with van der Waals surface area (Å²) in [5.74, 6) is -1.10. The van der Waals surface area contributed by atoms with E-state index in [-0.39, 0.29) is 17.1 Å². The van der Waals surface area contributed by atoms with E-state index in [1.807, 2.05) is 0 Å². The molecule has 0 heterocycles. The molecule has 1 rings (SSSR count). The van der Waals surface area contributed by atoms with Gasteiger partial charge in [-0.05, 0) is 31.2 Å². The van der Waals surface area contributed by atoms with Crippen LogP contribution in [0.3, 0.4) is 0 Å². The summed E-state index contributed by atoms with van der Waals surface area (Å²) in [5.41, 5.74) is 0.0328. The fourth-order valence-corrected chi connectivity index (χ4v) is 1.90. The largest absolute Gasteiger partial charge is 0.478 e. The van der Waals surface area contributed by atoms with E-state index < -0.39 is 16.1 Å². The van der Waals surface area contributed by atoms with Crippen LogP contribution in [0.5, 0.6) is 0 Å². The van der Waals surface area contributed by atoms with Crippen molar-refractivity contribution in [2.75, 3.05) is 6.61 Å². The Bertz CT molecular complexity index is 446. The van der Waals surface area contributed by atoms with Crippen molar-refractivity contribution in [2.45, 2.75) is 11.8 Å². The molecule has 0 bridgehead atoms. The highest BCUT2D eigenvalue weighted by molar-refractivity contribution is 7.86. The number of hydrogen-bond donors (Lipinski definition) is 1. The van der Waals surface area contributed by atoms with Gasteiger partial charge < -0.3 is 5.11 Å². The summed E-state index contributed by atoms with van der Waals surface area (Å²) in [6, 6.07) is 4.84. The SMILES string of the molecule is CCOS(=O)(=O)c1ccc(C(=O)O)cc1. The van der Waals surface area contributed by atoms with E-state index in [2.05, 4.69) is 4.18 Å². The lowest BCUT2D eigenvalue weighted by atomic mass is 10.2. The predicted octanol–water partition coefficient (Wildman–Crippen LogP) is 1.11. The topological polar surface area (TPSA) is 80.7 Å². The maximum Gasteiger partial charge on any atom is 0.335 e. The fourth-order valence-electron chi connectivity index (χ4n) is 0.987. The van der Waals surface area contributed by atoms with Gasteiger partial charge in [0.2, 0.25) is 0 Å². The van der Waals surface area contributed by atoms with Crippen LogP contribution in [0.1, 0.15) is 17.3 Å². The van der Waals surface area contributed by atoms with Crippen molar-refractivity contribution in [1.82, 2.24) is 0 Å². The molecular formula is C9H10O5S. The van der Waals surface area contributed by atoms with E-state index in [9.17, 15) is 13.2 Å². The zero-order valence-corrected chi connectivity index (χ0v) is 8.82. The molecule has 0 aliphatic heterocycles. The molecule has 0 aliphatic rings. The molecule has 0 atom stereocenters. The Kier molecular flexibility index (Phi) is 3.43. The lowest BCUT2D eigenvalue weighted by molar-refractivity contribution is 0.0696. The molecule has 15 heavy (non-hydrogen) atoms. The van der Waals surface area contributed by atoms with Crippen molar-refractivity contribution in [3.8, 4) is 0 Å². The van der Waals surface area contributed by atoms with Crippen LogP contribution in [0, 0.1) is 0 Å². The molecule has 1 aromatic carbocycles. The average Bonchev–Trinajstić information content (AvgIpc) is 2.18. The average molecular weight is 230 g/mol. The van der Waals surface area contributed by atoms with Crippen LogP contribution in [0.25, 0.3) is 0 Å². The summed E-state index contributed by atoms with van der Waals surface area (Å²) >= 11 is 0. The maximum atomic E-state index is 11.3. The summed E-state index contributed by atoms with van der Waals surface area (Å²) in [4.78, 5) is 10.5. The molecule has 0 unspecified atom stereocenters. The van der Waals surface area contributed by atoms with Crippen LogP contribution in [0.15, 0.2) is 29.2 Å². The predicted molar refractivity (Wildman–Crippen MR) is 52.2 cm³/mol. The second kappa shape index (κ2) is 4.41. The normalized spacial score (nSPS) is 11.3. The summed E-state index contributed by atoms with van der Waals surface area (Å²) in [7, 11) is -3.75. The number of carboxylic acids is 1. The van der Waals surface area contributed by atoms with Crippen molar-refractivity contribution >= 4 is 16.1 Å². The highest BCUT2D eigenvalue weighted by atomic mass is 32.2. The van der Waals surface area contributed by atoms with Crippen LogP contribution in [0.2, 0.25) is 0 Å². The second-order valence-electron chi connectivity index (χ2n) is 2.69. The second-order valence-corrected chi connectivity index (χ2v) is 4.31. The number of carbonyl (C=O) groups is 1. The van der Waals surface area contributed by atoms with Crippen LogP contribution < -0.4 is 0 Å². The summed E-state index contributed by atoms with van der Waals surface area (Å²) in [6.45, 7) is 1.60. The first kappa shape index (κ1) is 11.7. The van der Waals surface area contributed by atoms with Crippen molar-refractivity contribution in [1.29, 1.82) is 0 Å². The van der Waals surface area contributed by atoms with Crippen molar-refractivity contribution in [2.24, 2.45) is 0 Å². The fraction of sp³-hybridized carbons (Fsp3) is 0.222. The Hall–Kier alpha value is -1.40. The van der Waals surface area contributed by atoms with E-state index in [1.54, 1.807) is 6.92 Å². The first-order valence-electron chi connectivity index (χ1n) is 4.20. The van der Waals surface area contributed by atoms with Crippen LogP contribution in [-0.4, -0.2) is 26.1 Å². The number of rotatable bonds is 4. The van der Waals surface area contributed by atoms with Gasteiger partial charge in [0.25, 0.3) is 10.1 Å². The molecule has 0 amide bonds. The Labute approximate surface area is 87.4 Å². The third-order valence-corrected chi connectivity index (χ3v) is 3.06. The molecular weight excluding hydrogens is 220 g/mol. The van der Waals surface area contributed by atoms with Crippen LogP contribution in [0.4, 0.5) is 0 Å². The molecule has 0 fully saturated rings. The monoisotopic (exact) mass is 230 g/mol. The zero-order chi connectivity index (χ0) is 11.5. The van der Waals surface area contributed by atoms with E-state index in [0.717, 1.165) is 0 Å². The maximum absolute atomic E-state index is 11.3. The molecule has 0 spiro atoms. The highest BCUT2D eigenvalue weighted by Crippen LogP contribution is 2.13. The minimum atomic E-state index is -3.75. The first-order valence-corrected chi connectivity index (χ1v) is 5.61.